The van der Waals surface area contributed by atoms with Gasteiger partial charge >= 0.3 is 6.03 Å². The van der Waals surface area contributed by atoms with Gasteiger partial charge in [-0.25, -0.2) is 19.7 Å². The largest absolute Gasteiger partial charge is 0.388 e. The number of nitrogens with two attached hydrogens (primary N) is 1. The number of urea groups is 1. The average molecular weight is 511 g/mol. The van der Waals surface area contributed by atoms with Gasteiger partial charge in [0.2, 0.25) is 0 Å². The third-order valence-corrected chi connectivity index (χ3v) is 6.69. The van der Waals surface area contributed by atoms with Crippen molar-refractivity contribution in [2.75, 3.05) is 30.7 Å². The highest BCUT2D eigenvalue weighted by molar-refractivity contribution is 5.89. The van der Waals surface area contributed by atoms with E-state index in [0.717, 1.165) is 5.69 Å². The van der Waals surface area contributed by atoms with Crippen LogP contribution < -0.4 is 16.4 Å². The fourth-order valence-electron chi connectivity index (χ4n) is 4.52. The molecule has 1 aromatic carbocycles. The maximum atomic E-state index is 12.4. The number of anilines is 2. The highest BCUT2D eigenvalue weighted by Crippen LogP contribution is 2.32. The van der Waals surface area contributed by atoms with E-state index in [1.165, 1.54) is 11.9 Å². The van der Waals surface area contributed by atoms with E-state index in [1.54, 1.807) is 10.9 Å². The fraction of sp³-hybridized carbons (Fsp3) is 0.538. The smallest absolute Gasteiger partial charge is 0.319 e. The molecule has 0 bridgehead atoms. The number of rotatable bonds is 8. The summed E-state index contributed by atoms with van der Waals surface area (Å²) in [7, 11) is 0. The van der Waals surface area contributed by atoms with E-state index in [2.05, 4.69) is 65.1 Å². The summed E-state index contributed by atoms with van der Waals surface area (Å²) in [5.74, 6) is 0.289. The molecule has 1 aliphatic rings. The summed E-state index contributed by atoms with van der Waals surface area (Å²) in [5.41, 5.74) is 8.94. The Kier molecular flexibility index (Phi) is 7.96. The SMILES string of the molecule is CC(C)N(CCNC(=O)Nc1ccc(C(C)(C)C)cc1)C[C@@H]1C[C@@H](O)[C@H](n2cnc3c(N)ncnc32)O1. The molecule has 2 amide bonds. The highest BCUT2D eigenvalue weighted by Gasteiger charge is 2.37. The predicted octanol–water partition coefficient (Wildman–Crippen LogP) is 2.89. The van der Waals surface area contributed by atoms with Crippen LogP contribution >= 0.6 is 0 Å². The van der Waals surface area contributed by atoms with Crippen molar-refractivity contribution in [2.45, 2.75) is 70.9 Å². The molecule has 1 fully saturated rings. The van der Waals surface area contributed by atoms with E-state index in [0.29, 0.717) is 37.2 Å². The lowest BCUT2D eigenvalue weighted by Gasteiger charge is -2.29. The lowest BCUT2D eigenvalue weighted by molar-refractivity contribution is -0.0450. The summed E-state index contributed by atoms with van der Waals surface area (Å²) in [4.78, 5) is 27.1. The van der Waals surface area contributed by atoms with Crippen LogP contribution in [0.5, 0.6) is 0 Å². The number of nitrogen functional groups attached to an aromatic ring is 1. The molecule has 37 heavy (non-hydrogen) atoms. The van der Waals surface area contributed by atoms with Gasteiger partial charge in [0.25, 0.3) is 0 Å². The zero-order valence-electron chi connectivity index (χ0n) is 22.2. The molecule has 11 heteroatoms. The number of aliphatic hydroxyl groups is 1. The van der Waals surface area contributed by atoms with Crippen molar-refractivity contribution < 1.29 is 14.6 Å². The molecule has 3 heterocycles. The van der Waals surface area contributed by atoms with Crippen LogP contribution in [-0.4, -0.2) is 73.4 Å². The summed E-state index contributed by atoms with van der Waals surface area (Å²) in [6.45, 7) is 12.4. The van der Waals surface area contributed by atoms with Gasteiger partial charge in [0.05, 0.1) is 12.4 Å². The fourth-order valence-corrected chi connectivity index (χ4v) is 4.52. The van der Waals surface area contributed by atoms with Crippen molar-refractivity contribution in [3.63, 3.8) is 0 Å². The Hall–Kier alpha value is -3.28. The van der Waals surface area contributed by atoms with Crippen LogP contribution in [0.3, 0.4) is 0 Å². The first-order chi connectivity index (χ1) is 17.5. The molecule has 200 valence electrons. The molecule has 4 rings (SSSR count). The zero-order chi connectivity index (χ0) is 26.7. The molecule has 0 saturated carbocycles. The second kappa shape index (κ2) is 11.0. The average Bonchev–Trinajstić information content (AvgIpc) is 3.41. The van der Waals surface area contributed by atoms with Crippen LogP contribution in [0, 0.1) is 0 Å². The third-order valence-electron chi connectivity index (χ3n) is 6.69. The summed E-state index contributed by atoms with van der Waals surface area (Å²) in [6, 6.07) is 7.90. The minimum atomic E-state index is -0.707. The number of hydrogen-bond acceptors (Lipinski definition) is 8. The van der Waals surface area contributed by atoms with Crippen molar-refractivity contribution >= 4 is 28.7 Å². The molecule has 0 radical (unpaired) electrons. The zero-order valence-corrected chi connectivity index (χ0v) is 22.2. The van der Waals surface area contributed by atoms with Crippen LogP contribution in [0.2, 0.25) is 0 Å². The summed E-state index contributed by atoms with van der Waals surface area (Å²) >= 11 is 0. The van der Waals surface area contributed by atoms with Crippen molar-refractivity contribution in [1.82, 2.24) is 29.7 Å². The first-order valence-electron chi connectivity index (χ1n) is 12.7. The number of carbonyl (C=O) groups is 1. The van der Waals surface area contributed by atoms with Gasteiger partial charge in [0.1, 0.15) is 17.9 Å². The molecule has 1 saturated heterocycles. The molecule has 11 nitrogen and oxygen atoms in total. The molecular weight excluding hydrogens is 472 g/mol. The standard InChI is InChI=1S/C26H38N8O3/c1-16(2)33(11-10-28-25(36)32-18-8-6-17(7-9-18)26(3,4)5)13-19-12-20(35)24(37-19)34-15-31-21-22(27)29-14-30-23(21)34/h6-9,14-16,19-20,24,35H,10-13H2,1-5H3,(H2,27,29,30)(H2,28,32,36)/t19-,20+,24+/m0/s1. The van der Waals surface area contributed by atoms with Crippen molar-refractivity contribution in [3.8, 4) is 0 Å². The Morgan fingerprint density at radius 3 is 2.65 bits per heavy atom. The van der Waals surface area contributed by atoms with Gasteiger partial charge in [-0.15, -0.1) is 0 Å². The molecule has 0 aliphatic carbocycles. The van der Waals surface area contributed by atoms with Gasteiger partial charge in [0.15, 0.2) is 17.7 Å². The first-order valence-corrected chi connectivity index (χ1v) is 12.7. The second-order valence-corrected chi connectivity index (χ2v) is 10.8. The summed E-state index contributed by atoms with van der Waals surface area (Å²) in [6.07, 6.45) is 1.93. The van der Waals surface area contributed by atoms with Gasteiger partial charge in [-0.3, -0.25) is 9.47 Å². The summed E-state index contributed by atoms with van der Waals surface area (Å²) in [5, 5.41) is 16.5. The minimum absolute atomic E-state index is 0.0646. The number of aliphatic hydroxyl groups excluding tert-OH is 1. The lowest BCUT2D eigenvalue weighted by Crippen LogP contribution is -2.43. The van der Waals surface area contributed by atoms with Crippen molar-refractivity contribution in [3.05, 3.63) is 42.5 Å². The second-order valence-electron chi connectivity index (χ2n) is 10.8. The van der Waals surface area contributed by atoms with Crippen molar-refractivity contribution in [2.24, 2.45) is 0 Å². The number of hydrogen-bond donors (Lipinski definition) is 4. The van der Waals surface area contributed by atoms with Crippen molar-refractivity contribution in [1.29, 1.82) is 0 Å². The Morgan fingerprint density at radius 1 is 1.24 bits per heavy atom. The molecule has 1 aliphatic heterocycles. The van der Waals surface area contributed by atoms with Gasteiger partial charge in [-0.1, -0.05) is 32.9 Å². The van der Waals surface area contributed by atoms with E-state index in [9.17, 15) is 9.90 Å². The van der Waals surface area contributed by atoms with Crippen LogP contribution in [0.25, 0.3) is 11.2 Å². The van der Waals surface area contributed by atoms with Gasteiger partial charge in [-0.05, 0) is 37.0 Å². The maximum absolute atomic E-state index is 12.4. The highest BCUT2D eigenvalue weighted by atomic mass is 16.5. The monoisotopic (exact) mass is 510 g/mol. The van der Waals surface area contributed by atoms with Crippen LogP contribution in [0.15, 0.2) is 36.9 Å². The van der Waals surface area contributed by atoms with E-state index in [1.807, 2.05) is 24.3 Å². The molecule has 3 aromatic rings. The predicted molar refractivity (Wildman–Crippen MR) is 143 cm³/mol. The van der Waals surface area contributed by atoms with E-state index < -0.39 is 12.3 Å². The first kappa shape index (κ1) is 26.8. The van der Waals surface area contributed by atoms with Crippen LogP contribution in [0.1, 0.15) is 52.8 Å². The number of nitrogens with one attached hydrogen (secondary N) is 2. The molecule has 3 atom stereocenters. The number of aromatic nitrogens is 4. The lowest BCUT2D eigenvalue weighted by atomic mass is 9.87. The van der Waals surface area contributed by atoms with E-state index in [-0.39, 0.29) is 29.4 Å². The topological polar surface area (TPSA) is 143 Å². The number of carbonyl (C=O) groups excluding carboxylic acids is 1. The Balaban J connectivity index is 1.28. The Labute approximate surface area is 217 Å². The molecule has 0 spiro atoms. The van der Waals surface area contributed by atoms with E-state index in [4.69, 9.17) is 10.5 Å². The normalized spacial score (nSPS) is 20.2. The number of imidazole rings is 1. The number of ether oxygens (including phenoxy) is 1. The third kappa shape index (κ3) is 6.35. The molecule has 2 aromatic heterocycles. The quantitative estimate of drug-likeness (QED) is 0.362. The number of fused-ring (bicyclic) bond motifs is 1. The molecule has 0 unspecified atom stereocenters. The minimum Gasteiger partial charge on any atom is -0.388 e. The molecule has 5 N–H and O–H groups in total. The van der Waals surface area contributed by atoms with Crippen LogP contribution in [0.4, 0.5) is 16.3 Å². The Morgan fingerprint density at radius 2 is 1.97 bits per heavy atom. The van der Waals surface area contributed by atoms with Gasteiger partial charge in [0, 0.05) is 37.8 Å². The number of nitrogens with zero attached hydrogens (tertiary/aromatic N) is 5. The number of amides is 2. The molecular formula is C26H38N8O3. The van der Waals surface area contributed by atoms with E-state index >= 15 is 0 Å². The maximum Gasteiger partial charge on any atom is 0.319 e. The van der Waals surface area contributed by atoms with Crippen LogP contribution in [-0.2, 0) is 10.2 Å². The Bertz CT molecular complexity index is 1200. The van der Waals surface area contributed by atoms with Gasteiger partial charge in [-0.2, -0.15) is 0 Å². The number of benzene rings is 1. The summed E-state index contributed by atoms with van der Waals surface area (Å²) < 4.78 is 7.92. The van der Waals surface area contributed by atoms with Gasteiger partial charge < -0.3 is 26.2 Å².